The molecule has 4 nitrogen and oxygen atoms in total. The smallest absolute Gasteiger partial charge is 0.341 e. The molecule has 0 atom stereocenters. The fourth-order valence-corrected chi connectivity index (χ4v) is 2.42. The predicted octanol–water partition coefficient (Wildman–Crippen LogP) is 2.12. The van der Waals surface area contributed by atoms with E-state index in [2.05, 4.69) is 6.07 Å². The second-order valence-electron chi connectivity index (χ2n) is 4.84. The Kier molecular flexibility index (Phi) is 2.45. The Hall–Kier alpha value is -2.17. The van der Waals surface area contributed by atoms with Crippen molar-refractivity contribution in [2.45, 2.75) is 25.7 Å². The normalized spacial score (nSPS) is 14.8. The standard InChI is InChI=1S/C14H11FNO3/c1-7-4-9(15)6-16-12(7)10(8-2-3-8)5-11(13(16)17)14(18)19/h5-6,8H,2-3H2,1H3,(H,18,19). The predicted molar refractivity (Wildman–Crippen MR) is 66.1 cm³/mol. The van der Waals surface area contributed by atoms with Crippen molar-refractivity contribution in [1.29, 1.82) is 0 Å². The number of carboxylic acids is 1. The van der Waals surface area contributed by atoms with Crippen LogP contribution in [0.3, 0.4) is 0 Å². The van der Waals surface area contributed by atoms with E-state index in [1.165, 1.54) is 6.07 Å². The van der Waals surface area contributed by atoms with Crippen LogP contribution in [0.25, 0.3) is 5.52 Å². The zero-order valence-corrected chi connectivity index (χ0v) is 10.2. The molecule has 1 aliphatic carbocycles. The van der Waals surface area contributed by atoms with Gasteiger partial charge in [-0.25, -0.2) is 9.18 Å². The van der Waals surface area contributed by atoms with E-state index in [1.54, 1.807) is 6.92 Å². The molecule has 19 heavy (non-hydrogen) atoms. The number of carbonyl (C=O) groups is 1. The summed E-state index contributed by atoms with van der Waals surface area (Å²) in [7, 11) is 0. The molecule has 3 rings (SSSR count). The van der Waals surface area contributed by atoms with Gasteiger partial charge in [-0.1, -0.05) is 0 Å². The first-order valence-electron chi connectivity index (χ1n) is 6.00. The lowest BCUT2D eigenvalue weighted by Crippen LogP contribution is -2.23. The van der Waals surface area contributed by atoms with E-state index in [0.29, 0.717) is 11.1 Å². The second kappa shape index (κ2) is 3.91. The van der Waals surface area contributed by atoms with Crippen LogP contribution in [0, 0.1) is 18.8 Å². The van der Waals surface area contributed by atoms with Crippen LogP contribution in [0.15, 0.2) is 17.1 Å². The molecule has 0 spiro atoms. The van der Waals surface area contributed by atoms with Gasteiger partial charge in [0, 0.05) is 12.3 Å². The molecule has 1 radical (unpaired) electrons. The molecular weight excluding hydrogens is 249 g/mol. The van der Waals surface area contributed by atoms with Gasteiger partial charge in [0.05, 0.1) is 5.52 Å². The van der Waals surface area contributed by atoms with E-state index in [1.807, 2.05) is 0 Å². The molecule has 2 heterocycles. The summed E-state index contributed by atoms with van der Waals surface area (Å²) >= 11 is 0. The van der Waals surface area contributed by atoms with Crippen molar-refractivity contribution in [2.75, 3.05) is 0 Å². The van der Waals surface area contributed by atoms with Gasteiger partial charge in [-0.05, 0) is 42.9 Å². The number of aromatic carboxylic acids is 1. The van der Waals surface area contributed by atoms with E-state index in [4.69, 9.17) is 5.11 Å². The highest BCUT2D eigenvalue weighted by molar-refractivity contribution is 5.88. The molecular formula is C14H11FNO3. The Morgan fingerprint density at radius 2 is 2.21 bits per heavy atom. The third kappa shape index (κ3) is 1.82. The Morgan fingerprint density at radius 3 is 2.79 bits per heavy atom. The van der Waals surface area contributed by atoms with Crippen LogP contribution in [0.4, 0.5) is 4.39 Å². The largest absolute Gasteiger partial charge is 0.477 e. The number of nitrogens with zero attached hydrogens (tertiary/aromatic N) is 1. The number of rotatable bonds is 2. The second-order valence-corrected chi connectivity index (χ2v) is 4.84. The molecule has 0 bridgehead atoms. The molecule has 0 aromatic carbocycles. The van der Waals surface area contributed by atoms with Gasteiger partial charge in [-0.15, -0.1) is 0 Å². The highest BCUT2D eigenvalue weighted by Crippen LogP contribution is 2.42. The summed E-state index contributed by atoms with van der Waals surface area (Å²) in [5.41, 5.74) is 0.882. The topological polar surface area (TPSA) is 58.8 Å². The monoisotopic (exact) mass is 260 g/mol. The van der Waals surface area contributed by atoms with Crippen LogP contribution in [-0.4, -0.2) is 15.5 Å². The van der Waals surface area contributed by atoms with Crippen molar-refractivity contribution in [2.24, 2.45) is 0 Å². The Balaban J connectivity index is 2.49. The zero-order valence-electron chi connectivity index (χ0n) is 10.2. The molecule has 2 aromatic heterocycles. The van der Waals surface area contributed by atoms with Crippen molar-refractivity contribution in [1.82, 2.24) is 4.40 Å². The van der Waals surface area contributed by atoms with Gasteiger partial charge >= 0.3 is 5.97 Å². The first kappa shape index (κ1) is 11.9. The molecule has 0 saturated heterocycles. The van der Waals surface area contributed by atoms with E-state index in [0.717, 1.165) is 29.0 Å². The van der Waals surface area contributed by atoms with Gasteiger partial charge in [0.25, 0.3) is 5.56 Å². The number of carboxylic acid groups (broad SMARTS) is 1. The van der Waals surface area contributed by atoms with E-state index >= 15 is 0 Å². The number of aryl methyl sites for hydroxylation is 1. The van der Waals surface area contributed by atoms with Gasteiger partial charge in [-0.3, -0.25) is 9.20 Å². The number of pyridine rings is 2. The number of hydrogen-bond acceptors (Lipinski definition) is 2. The van der Waals surface area contributed by atoms with Crippen molar-refractivity contribution < 1.29 is 14.3 Å². The summed E-state index contributed by atoms with van der Waals surface area (Å²) in [6.45, 7) is 1.67. The summed E-state index contributed by atoms with van der Waals surface area (Å²) < 4.78 is 14.5. The van der Waals surface area contributed by atoms with Crippen molar-refractivity contribution in [3.63, 3.8) is 0 Å². The van der Waals surface area contributed by atoms with Crippen molar-refractivity contribution >= 4 is 11.5 Å². The average molecular weight is 260 g/mol. The van der Waals surface area contributed by atoms with E-state index < -0.39 is 17.3 Å². The van der Waals surface area contributed by atoms with E-state index in [9.17, 15) is 14.0 Å². The maximum atomic E-state index is 13.4. The number of fused-ring (bicyclic) bond motifs is 1. The van der Waals surface area contributed by atoms with Crippen LogP contribution < -0.4 is 5.56 Å². The lowest BCUT2D eigenvalue weighted by atomic mass is 10.0. The third-order valence-corrected chi connectivity index (χ3v) is 3.42. The lowest BCUT2D eigenvalue weighted by molar-refractivity contribution is 0.0694. The van der Waals surface area contributed by atoms with Crippen LogP contribution in [0.5, 0.6) is 0 Å². The van der Waals surface area contributed by atoms with Crippen molar-refractivity contribution in [3.8, 4) is 0 Å². The maximum Gasteiger partial charge on any atom is 0.341 e. The number of aromatic nitrogens is 1. The fraction of sp³-hybridized carbons (Fsp3) is 0.286. The molecule has 1 fully saturated rings. The Morgan fingerprint density at radius 1 is 1.53 bits per heavy atom. The first-order chi connectivity index (χ1) is 8.99. The van der Waals surface area contributed by atoms with Gasteiger partial charge in [0.2, 0.25) is 0 Å². The summed E-state index contributed by atoms with van der Waals surface area (Å²) in [6, 6.07) is 3.97. The summed E-state index contributed by atoms with van der Waals surface area (Å²) in [5.74, 6) is -1.70. The van der Waals surface area contributed by atoms with Gasteiger partial charge in [0.1, 0.15) is 11.4 Å². The average Bonchev–Trinajstić information content (AvgIpc) is 3.13. The molecule has 2 aromatic rings. The molecule has 5 heteroatoms. The molecule has 0 aliphatic heterocycles. The Labute approximate surface area is 108 Å². The SMILES string of the molecule is Cc1[c]c(F)cn2c(=O)c(C(=O)O)cc(C3CC3)c12. The number of hydrogen-bond donors (Lipinski definition) is 1. The first-order valence-corrected chi connectivity index (χ1v) is 6.00. The quantitative estimate of drug-likeness (QED) is 0.899. The molecule has 0 unspecified atom stereocenters. The maximum absolute atomic E-state index is 13.4. The number of halogens is 1. The minimum atomic E-state index is -1.29. The minimum Gasteiger partial charge on any atom is -0.477 e. The van der Waals surface area contributed by atoms with Gasteiger partial charge in [0.15, 0.2) is 0 Å². The van der Waals surface area contributed by atoms with Gasteiger partial charge in [-0.2, -0.15) is 0 Å². The third-order valence-electron chi connectivity index (χ3n) is 3.42. The van der Waals surface area contributed by atoms with Gasteiger partial charge < -0.3 is 5.11 Å². The zero-order chi connectivity index (χ0) is 13.7. The van der Waals surface area contributed by atoms with E-state index in [-0.39, 0.29) is 11.5 Å². The highest BCUT2D eigenvalue weighted by atomic mass is 19.1. The minimum absolute atomic E-state index is 0.256. The van der Waals surface area contributed by atoms with Crippen LogP contribution >= 0.6 is 0 Å². The van der Waals surface area contributed by atoms with Crippen LogP contribution in [-0.2, 0) is 0 Å². The van der Waals surface area contributed by atoms with Crippen molar-refractivity contribution in [3.05, 3.63) is 51.2 Å². The lowest BCUT2D eigenvalue weighted by Gasteiger charge is -2.11. The molecule has 1 saturated carbocycles. The summed E-state index contributed by atoms with van der Waals surface area (Å²) in [6.07, 6.45) is 2.93. The highest BCUT2D eigenvalue weighted by Gasteiger charge is 2.29. The molecule has 1 N–H and O–H groups in total. The summed E-state index contributed by atoms with van der Waals surface area (Å²) in [4.78, 5) is 23.2. The molecule has 0 amide bonds. The Bertz CT molecular complexity index is 759. The molecule has 1 aliphatic rings. The van der Waals surface area contributed by atoms with Crippen LogP contribution in [0.1, 0.15) is 40.2 Å². The van der Waals surface area contributed by atoms with Crippen LogP contribution in [0.2, 0.25) is 0 Å². The fourth-order valence-electron chi connectivity index (χ4n) is 2.42. The molecule has 97 valence electrons. The summed E-state index contributed by atoms with van der Waals surface area (Å²) in [5, 5.41) is 9.08.